The van der Waals surface area contributed by atoms with Crippen LogP contribution in [0.3, 0.4) is 0 Å². The van der Waals surface area contributed by atoms with E-state index in [1.807, 2.05) is 0 Å². The second-order valence-electron chi connectivity index (χ2n) is 4.09. The van der Waals surface area contributed by atoms with Crippen LogP contribution in [0.25, 0.3) is 0 Å². The summed E-state index contributed by atoms with van der Waals surface area (Å²) in [5, 5.41) is 5.36. The summed E-state index contributed by atoms with van der Waals surface area (Å²) in [5.41, 5.74) is 0.313. The number of halogens is 1. The smallest absolute Gasteiger partial charge is 0.277 e. The number of carbonyl (C=O) groups is 1. The average molecular weight is 305 g/mol. The highest BCUT2D eigenvalue weighted by Gasteiger charge is 2.27. The van der Waals surface area contributed by atoms with Crippen LogP contribution in [0.2, 0.25) is 5.02 Å². The molecule has 1 aromatic heterocycles. The zero-order chi connectivity index (χ0) is 14.0. The maximum atomic E-state index is 12.2. The van der Waals surface area contributed by atoms with Gasteiger partial charge in [-0.1, -0.05) is 11.6 Å². The maximum absolute atomic E-state index is 12.2. The van der Waals surface area contributed by atoms with Crippen LogP contribution >= 0.6 is 11.6 Å². The van der Waals surface area contributed by atoms with Gasteiger partial charge in [-0.2, -0.15) is 12.7 Å². The number of pyridine rings is 1. The van der Waals surface area contributed by atoms with Crippen molar-refractivity contribution in [1.29, 1.82) is 0 Å². The molecular formula is C10H13ClN4O3S. The fourth-order valence-electron chi connectivity index (χ4n) is 1.85. The largest absolute Gasteiger partial charge is 0.336 e. The Hall–Kier alpha value is -1.22. The molecule has 0 spiro atoms. The minimum atomic E-state index is -3.69. The number of aromatic nitrogens is 1. The van der Waals surface area contributed by atoms with Crippen LogP contribution in [-0.4, -0.2) is 54.7 Å². The molecule has 2 N–H and O–H groups in total. The summed E-state index contributed by atoms with van der Waals surface area (Å²) in [5.74, 6) is -0.257. The van der Waals surface area contributed by atoms with Crippen LogP contribution < -0.4 is 5.14 Å². The highest BCUT2D eigenvalue weighted by molar-refractivity contribution is 7.86. The number of nitrogens with zero attached hydrogens (tertiary/aromatic N) is 3. The van der Waals surface area contributed by atoms with Gasteiger partial charge in [-0.05, 0) is 6.07 Å². The first-order valence-corrected chi connectivity index (χ1v) is 7.44. The minimum absolute atomic E-state index is 0.183. The van der Waals surface area contributed by atoms with E-state index in [4.69, 9.17) is 16.7 Å². The number of rotatable bonds is 2. The van der Waals surface area contributed by atoms with Gasteiger partial charge in [0.05, 0.1) is 10.6 Å². The molecule has 0 atom stereocenters. The summed E-state index contributed by atoms with van der Waals surface area (Å²) in [7, 11) is -3.69. The van der Waals surface area contributed by atoms with E-state index in [0.717, 1.165) is 4.31 Å². The SMILES string of the molecule is NS(=O)(=O)N1CCN(C(=O)c2cnccc2Cl)CC1. The van der Waals surface area contributed by atoms with Gasteiger partial charge < -0.3 is 4.90 Å². The molecule has 0 aliphatic carbocycles. The predicted molar refractivity (Wildman–Crippen MR) is 69.8 cm³/mol. The number of carbonyl (C=O) groups excluding carboxylic acids is 1. The summed E-state index contributed by atoms with van der Waals surface area (Å²) < 4.78 is 23.5. The van der Waals surface area contributed by atoms with Crippen LogP contribution in [0.1, 0.15) is 10.4 Å². The quantitative estimate of drug-likeness (QED) is 0.811. The Bertz CT molecular complexity index is 584. The van der Waals surface area contributed by atoms with Crippen molar-refractivity contribution >= 4 is 27.7 Å². The van der Waals surface area contributed by atoms with Gasteiger partial charge in [-0.25, -0.2) is 5.14 Å². The lowest BCUT2D eigenvalue weighted by molar-refractivity contribution is 0.0697. The van der Waals surface area contributed by atoms with E-state index in [9.17, 15) is 13.2 Å². The first-order valence-electron chi connectivity index (χ1n) is 5.56. The van der Waals surface area contributed by atoms with Gasteiger partial charge in [0.25, 0.3) is 16.1 Å². The third-order valence-corrected chi connectivity index (χ3v) is 4.30. The maximum Gasteiger partial charge on any atom is 0.277 e. The lowest BCUT2D eigenvalue weighted by atomic mass is 10.2. The van der Waals surface area contributed by atoms with Crippen molar-refractivity contribution in [3.05, 3.63) is 29.0 Å². The Kier molecular flexibility index (Phi) is 4.04. The summed E-state index contributed by atoms with van der Waals surface area (Å²) in [6.45, 7) is 0.923. The van der Waals surface area contributed by atoms with E-state index < -0.39 is 10.2 Å². The Morgan fingerprint density at radius 2 is 1.95 bits per heavy atom. The van der Waals surface area contributed by atoms with Crippen molar-refractivity contribution in [2.75, 3.05) is 26.2 Å². The zero-order valence-corrected chi connectivity index (χ0v) is 11.6. The third-order valence-electron chi connectivity index (χ3n) is 2.88. The molecular weight excluding hydrogens is 292 g/mol. The molecule has 1 aliphatic heterocycles. The summed E-state index contributed by atoms with van der Waals surface area (Å²) in [4.78, 5) is 17.6. The van der Waals surface area contributed by atoms with E-state index in [0.29, 0.717) is 10.6 Å². The van der Waals surface area contributed by atoms with E-state index in [1.165, 1.54) is 23.4 Å². The number of amides is 1. The van der Waals surface area contributed by atoms with Gasteiger partial charge in [0.15, 0.2) is 0 Å². The molecule has 2 heterocycles. The van der Waals surface area contributed by atoms with Gasteiger partial charge in [0.1, 0.15) is 0 Å². The summed E-state index contributed by atoms with van der Waals surface area (Å²) in [6.07, 6.45) is 2.90. The summed E-state index contributed by atoms with van der Waals surface area (Å²) in [6, 6.07) is 1.54. The number of piperazine rings is 1. The molecule has 19 heavy (non-hydrogen) atoms. The number of nitrogens with two attached hydrogens (primary N) is 1. The van der Waals surface area contributed by atoms with Gasteiger partial charge in [0.2, 0.25) is 0 Å². The van der Waals surface area contributed by atoms with Crippen molar-refractivity contribution in [1.82, 2.24) is 14.2 Å². The molecule has 1 aliphatic rings. The first kappa shape index (κ1) is 14.2. The van der Waals surface area contributed by atoms with Crippen molar-refractivity contribution in [3.63, 3.8) is 0 Å². The molecule has 7 nitrogen and oxygen atoms in total. The lowest BCUT2D eigenvalue weighted by Gasteiger charge is -2.33. The van der Waals surface area contributed by atoms with E-state index in [-0.39, 0.29) is 32.1 Å². The molecule has 9 heteroatoms. The van der Waals surface area contributed by atoms with Crippen LogP contribution in [0.4, 0.5) is 0 Å². The summed E-state index contributed by atoms with van der Waals surface area (Å²) >= 11 is 5.93. The number of hydrogen-bond donors (Lipinski definition) is 1. The minimum Gasteiger partial charge on any atom is -0.336 e. The first-order chi connectivity index (χ1) is 8.89. The molecule has 104 valence electrons. The van der Waals surface area contributed by atoms with Gasteiger partial charge in [0, 0.05) is 38.6 Å². The normalized spacial score (nSPS) is 17.5. The molecule has 0 radical (unpaired) electrons. The molecule has 0 aromatic carbocycles. The van der Waals surface area contributed by atoms with Crippen molar-refractivity contribution in [2.45, 2.75) is 0 Å². The molecule has 1 fully saturated rings. The highest BCUT2D eigenvalue weighted by Crippen LogP contribution is 2.17. The topological polar surface area (TPSA) is 96.6 Å². The zero-order valence-electron chi connectivity index (χ0n) is 9.99. The molecule has 0 unspecified atom stereocenters. The van der Waals surface area contributed by atoms with Gasteiger partial charge in [-0.15, -0.1) is 0 Å². The van der Waals surface area contributed by atoms with E-state index in [1.54, 1.807) is 0 Å². The molecule has 0 saturated carbocycles. The highest BCUT2D eigenvalue weighted by atomic mass is 35.5. The predicted octanol–water partition coefficient (Wildman–Crippen LogP) is -0.304. The van der Waals surface area contributed by atoms with Crippen molar-refractivity contribution in [2.24, 2.45) is 5.14 Å². The van der Waals surface area contributed by atoms with Crippen LogP contribution in [0.5, 0.6) is 0 Å². The Morgan fingerprint density at radius 1 is 1.32 bits per heavy atom. The Labute approximate surface area is 116 Å². The second kappa shape index (κ2) is 5.41. The monoisotopic (exact) mass is 304 g/mol. The molecule has 1 amide bonds. The van der Waals surface area contributed by atoms with E-state index in [2.05, 4.69) is 4.98 Å². The fraction of sp³-hybridized carbons (Fsp3) is 0.400. The van der Waals surface area contributed by atoms with Crippen LogP contribution in [-0.2, 0) is 10.2 Å². The molecule has 0 bridgehead atoms. The fourth-order valence-corrected chi connectivity index (χ4v) is 2.71. The van der Waals surface area contributed by atoms with E-state index >= 15 is 0 Å². The Balaban J connectivity index is 2.07. The molecule has 2 rings (SSSR count). The van der Waals surface area contributed by atoms with Gasteiger partial charge >= 0.3 is 0 Å². The lowest BCUT2D eigenvalue weighted by Crippen LogP contribution is -2.52. The Morgan fingerprint density at radius 3 is 2.47 bits per heavy atom. The molecule has 1 aromatic rings. The second-order valence-corrected chi connectivity index (χ2v) is 6.05. The third kappa shape index (κ3) is 3.21. The van der Waals surface area contributed by atoms with Gasteiger partial charge in [-0.3, -0.25) is 9.78 Å². The molecule has 1 saturated heterocycles. The standard InChI is InChI=1S/C10H13ClN4O3S/c11-9-1-2-13-7-8(9)10(16)14-3-5-15(6-4-14)19(12,17)18/h1-2,7H,3-6H2,(H2,12,17,18). The average Bonchev–Trinajstić information content (AvgIpc) is 2.38. The van der Waals surface area contributed by atoms with Crippen molar-refractivity contribution < 1.29 is 13.2 Å². The van der Waals surface area contributed by atoms with Crippen LogP contribution in [0.15, 0.2) is 18.5 Å². The number of hydrogen-bond acceptors (Lipinski definition) is 4. The van der Waals surface area contributed by atoms with Crippen LogP contribution in [0, 0.1) is 0 Å². The van der Waals surface area contributed by atoms with Crippen molar-refractivity contribution in [3.8, 4) is 0 Å².